The fourth-order valence-electron chi connectivity index (χ4n) is 2.66. The van der Waals surface area contributed by atoms with Crippen LogP contribution in [0.4, 0.5) is 0 Å². The van der Waals surface area contributed by atoms with Crippen LogP contribution < -0.4 is 0 Å². The van der Waals surface area contributed by atoms with Gasteiger partial charge in [0.1, 0.15) is 0 Å². The molecular weight excluding hydrogens is 286 g/mol. The minimum atomic E-state index is 0.739. The van der Waals surface area contributed by atoms with Crippen LogP contribution in [-0.2, 0) is 6.54 Å². The lowest BCUT2D eigenvalue weighted by atomic mass is 10.0. The summed E-state index contributed by atoms with van der Waals surface area (Å²) in [4.78, 5) is 2.30. The molecule has 0 saturated heterocycles. The van der Waals surface area contributed by atoms with Gasteiger partial charge in [-0.05, 0) is 35.1 Å². The molecule has 3 aromatic rings. The molecule has 0 bridgehead atoms. The molecule has 2 aromatic carbocycles. The second-order valence-electron chi connectivity index (χ2n) is 5.35. The van der Waals surface area contributed by atoms with Crippen LogP contribution in [0.3, 0.4) is 0 Å². The van der Waals surface area contributed by atoms with E-state index in [0.29, 0.717) is 0 Å². The first-order chi connectivity index (χ1) is 11.3. The van der Waals surface area contributed by atoms with E-state index in [2.05, 4.69) is 58.5 Å². The largest absolute Gasteiger partial charge is 0.296 e. The Morgan fingerprint density at radius 2 is 1.61 bits per heavy atom. The molecule has 1 heterocycles. The van der Waals surface area contributed by atoms with Crippen LogP contribution in [0.1, 0.15) is 19.7 Å². The molecule has 0 spiro atoms. The average molecular weight is 307 g/mol. The SMILES string of the molecule is CCN(CC)Cc1nnnn1-c1ccccc1-c1ccccc1. The third kappa shape index (κ3) is 3.29. The molecule has 0 amide bonds. The van der Waals surface area contributed by atoms with Gasteiger partial charge in [0.15, 0.2) is 5.82 Å². The van der Waals surface area contributed by atoms with Gasteiger partial charge in [-0.2, -0.15) is 4.68 Å². The van der Waals surface area contributed by atoms with Crippen molar-refractivity contribution in [2.45, 2.75) is 20.4 Å². The van der Waals surface area contributed by atoms with Crippen molar-refractivity contribution >= 4 is 0 Å². The normalized spacial score (nSPS) is 11.1. The van der Waals surface area contributed by atoms with Crippen molar-refractivity contribution in [1.82, 2.24) is 25.1 Å². The summed E-state index contributed by atoms with van der Waals surface area (Å²) < 4.78 is 1.85. The van der Waals surface area contributed by atoms with Crippen LogP contribution in [0.25, 0.3) is 16.8 Å². The molecule has 118 valence electrons. The second kappa shape index (κ2) is 7.15. The zero-order valence-electron chi connectivity index (χ0n) is 13.6. The van der Waals surface area contributed by atoms with Crippen LogP contribution >= 0.6 is 0 Å². The first-order valence-corrected chi connectivity index (χ1v) is 7.98. The molecule has 0 fully saturated rings. The van der Waals surface area contributed by atoms with E-state index in [-0.39, 0.29) is 0 Å². The molecule has 0 aliphatic heterocycles. The Morgan fingerprint density at radius 3 is 2.35 bits per heavy atom. The van der Waals surface area contributed by atoms with E-state index in [1.54, 1.807) is 0 Å². The van der Waals surface area contributed by atoms with E-state index in [1.165, 1.54) is 0 Å². The lowest BCUT2D eigenvalue weighted by molar-refractivity contribution is 0.285. The highest BCUT2D eigenvalue weighted by atomic mass is 15.5. The molecule has 0 aliphatic rings. The molecular formula is C18H21N5. The van der Waals surface area contributed by atoms with Crippen LogP contribution in [0.5, 0.6) is 0 Å². The number of hydrogen-bond acceptors (Lipinski definition) is 4. The number of rotatable bonds is 6. The third-order valence-electron chi connectivity index (χ3n) is 4.01. The zero-order valence-corrected chi connectivity index (χ0v) is 13.6. The summed E-state index contributed by atoms with van der Waals surface area (Å²) in [6.45, 7) is 6.99. The second-order valence-corrected chi connectivity index (χ2v) is 5.35. The molecule has 0 radical (unpaired) electrons. The van der Waals surface area contributed by atoms with Crippen molar-refractivity contribution in [3.8, 4) is 16.8 Å². The van der Waals surface area contributed by atoms with Crippen LogP contribution in [0.15, 0.2) is 54.6 Å². The lowest BCUT2D eigenvalue weighted by Crippen LogP contribution is -2.24. The van der Waals surface area contributed by atoms with E-state index in [4.69, 9.17) is 0 Å². The van der Waals surface area contributed by atoms with Gasteiger partial charge in [-0.1, -0.05) is 62.4 Å². The highest BCUT2D eigenvalue weighted by Crippen LogP contribution is 2.26. The van der Waals surface area contributed by atoms with Crippen molar-refractivity contribution in [3.63, 3.8) is 0 Å². The molecule has 3 rings (SSSR count). The molecule has 0 saturated carbocycles. The van der Waals surface area contributed by atoms with E-state index in [0.717, 1.165) is 42.3 Å². The molecule has 0 atom stereocenters. The van der Waals surface area contributed by atoms with Gasteiger partial charge in [0, 0.05) is 5.56 Å². The van der Waals surface area contributed by atoms with Gasteiger partial charge in [-0.25, -0.2) is 0 Å². The van der Waals surface area contributed by atoms with Gasteiger partial charge in [-0.3, -0.25) is 4.90 Å². The maximum absolute atomic E-state index is 4.22. The van der Waals surface area contributed by atoms with Crippen molar-refractivity contribution < 1.29 is 0 Å². The fraction of sp³-hybridized carbons (Fsp3) is 0.278. The number of para-hydroxylation sites is 1. The number of hydrogen-bond donors (Lipinski definition) is 0. The summed E-state index contributed by atoms with van der Waals surface area (Å²) in [5.74, 6) is 0.858. The summed E-state index contributed by atoms with van der Waals surface area (Å²) in [6.07, 6.45) is 0. The standard InChI is InChI=1S/C18H21N5/c1-3-22(4-2)14-18-19-20-21-23(18)17-13-9-8-12-16(17)15-10-6-5-7-11-15/h5-13H,3-4,14H2,1-2H3. The molecule has 0 unspecified atom stereocenters. The Bertz CT molecular complexity index is 747. The Balaban J connectivity index is 2.02. The summed E-state index contributed by atoms with van der Waals surface area (Å²) in [7, 11) is 0. The van der Waals surface area contributed by atoms with Crippen molar-refractivity contribution in [2.75, 3.05) is 13.1 Å². The minimum absolute atomic E-state index is 0.739. The minimum Gasteiger partial charge on any atom is -0.296 e. The zero-order chi connectivity index (χ0) is 16.1. The maximum atomic E-state index is 4.22. The van der Waals surface area contributed by atoms with Gasteiger partial charge in [0.2, 0.25) is 0 Å². The smallest absolute Gasteiger partial charge is 0.170 e. The lowest BCUT2D eigenvalue weighted by Gasteiger charge is -2.17. The van der Waals surface area contributed by atoms with Crippen LogP contribution in [0, 0.1) is 0 Å². The molecule has 5 nitrogen and oxygen atoms in total. The number of nitrogens with zero attached hydrogens (tertiary/aromatic N) is 5. The molecule has 0 aliphatic carbocycles. The Kier molecular flexibility index (Phi) is 4.78. The monoisotopic (exact) mass is 307 g/mol. The maximum Gasteiger partial charge on any atom is 0.170 e. The van der Waals surface area contributed by atoms with Crippen molar-refractivity contribution in [2.24, 2.45) is 0 Å². The fourth-order valence-corrected chi connectivity index (χ4v) is 2.66. The van der Waals surface area contributed by atoms with E-state index < -0.39 is 0 Å². The van der Waals surface area contributed by atoms with E-state index in [9.17, 15) is 0 Å². The molecule has 5 heteroatoms. The third-order valence-corrected chi connectivity index (χ3v) is 4.01. The summed E-state index contributed by atoms with van der Waals surface area (Å²) >= 11 is 0. The molecule has 23 heavy (non-hydrogen) atoms. The quantitative estimate of drug-likeness (QED) is 0.702. The summed E-state index contributed by atoms with van der Waals surface area (Å²) in [5, 5.41) is 12.3. The highest BCUT2D eigenvalue weighted by molar-refractivity contribution is 5.72. The van der Waals surface area contributed by atoms with Gasteiger partial charge in [0.05, 0.1) is 12.2 Å². The summed E-state index contributed by atoms with van der Waals surface area (Å²) in [5.41, 5.74) is 3.29. The van der Waals surface area contributed by atoms with Gasteiger partial charge >= 0.3 is 0 Å². The molecule has 0 N–H and O–H groups in total. The highest BCUT2D eigenvalue weighted by Gasteiger charge is 2.14. The van der Waals surface area contributed by atoms with Gasteiger partial charge < -0.3 is 0 Å². The van der Waals surface area contributed by atoms with Crippen molar-refractivity contribution in [3.05, 3.63) is 60.4 Å². The van der Waals surface area contributed by atoms with Crippen molar-refractivity contribution in [1.29, 1.82) is 0 Å². The first kappa shape index (κ1) is 15.4. The van der Waals surface area contributed by atoms with E-state index in [1.807, 2.05) is 35.0 Å². The Labute approximate surface area is 136 Å². The summed E-state index contributed by atoms with van der Waals surface area (Å²) in [6, 6.07) is 18.5. The first-order valence-electron chi connectivity index (χ1n) is 7.98. The van der Waals surface area contributed by atoms with Gasteiger partial charge in [0.25, 0.3) is 0 Å². The predicted octanol–water partition coefficient (Wildman–Crippen LogP) is 3.17. The predicted molar refractivity (Wildman–Crippen MR) is 91.2 cm³/mol. The topological polar surface area (TPSA) is 46.8 Å². The van der Waals surface area contributed by atoms with Crippen LogP contribution in [-0.4, -0.2) is 38.2 Å². The van der Waals surface area contributed by atoms with E-state index >= 15 is 0 Å². The average Bonchev–Trinajstić information content (AvgIpc) is 3.08. The number of benzene rings is 2. The molecule has 1 aromatic heterocycles. The van der Waals surface area contributed by atoms with Crippen LogP contribution in [0.2, 0.25) is 0 Å². The van der Waals surface area contributed by atoms with Gasteiger partial charge in [-0.15, -0.1) is 5.10 Å². The number of aromatic nitrogens is 4. The Morgan fingerprint density at radius 1 is 0.913 bits per heavy atom. The Hall–Kier alpha value is -2.53. The number of tetrazole rings is 1.